The number of H-pyrrole nitrogens is 1. The minimum atomic E-state index is -0.742. The monoisotopic (exact) mass is 405 g/mol. The number of nitrogens with one attached hydrogen (secondary N) is 1. The number of benzene rings is 2. The second-order valence-corrected chi connectivity index (χ2v) is 8.08. The molecule has 1 fully saturated rings. The molecule has 1 saturated carbocycles. The first kappa shape index (κ1) is 18.7. The fourth-order valence-corrected chi connectivity index (χ4v) is 4.56. The van der Waals surface area contributed by atoms with Gasteiger partial charge in [0.2, 0.25) is 0 Å². The van der Waals surface area contributed by atoms with Crippen LogP contribution in [0.25, 0.3) is 6.08 Å². The average molecular weight is 405 g/mol. The Hall–Kier alpha value is -3.28. The molecule has 4 nitrogen and oxygen atoms in total. The number of halogens is 2. The molecule has 0 spiro atoms. The molecule has 30 heavy (non-hydrogen) atoms. The Kier molecular flexibility index (Phi) is 4.50. The molecular formula is C24H21F2N3O. The highest BCUT2D eigenvalue weighted by Crippen LogP contribution is 2.43. The molecule has 2 aliphatic rings. The minimum Gasteiger partial charge on any atom is -0.411 e. The number of hydrogen-bond donors (Lipinski definition) is 2. The van der Waals surface area contributed by atoms with Crippen molar-refractivity contribution in [1.82, 2.24) is 10.2 Å². The second-order valence-electron chi connectivity index (χ2n) is 8.08. The van der Waals surface area contributed by atoms with Gasteiger partial charge in [-0.25, -0.2) is 8.78 Å². The minimum absolute atomic E-state index is 0.217. The van der Waals surface area contributed by atoms with Crippen LogP contribution in [0.2, 0.25) is 0 Å². The van der Waals surface area contributed by atoms with Gasteiger partial charge in [0, 0.05) is 29.0 Å². The number of fused-ring (bicyclic) bond motifs is 1. The molecule has 0 atom stereocenters. The number of allylic oxidation sites excluding steroid dienone is 1. The molecule has 1 heterocycles. The third kappa shape index (κ3) is 2.95. The summed E-state index contributed by atoms with van der Waals surface area (Å²) < 4.78 is 28.2. The van der Waals surface area contributed by atoms with Gasteiger partial charge in [-0.15, -0.1) is 0 Å². The zero-order valence-electron chi connectivity index (χ0n) is 16.3. The van der Waals surface area contributed by atoms with E-state index in [1.54, 1.807) is 12.1 Å². The van der Waals surface area contributed by atoms with E-state index < -0.39 is 5.41 Å². The van der Waals surface area contributed by atoms with Gasteiger partial charge in [0.25, 0.3) is 0 Å². The Balaban J connectivity index is 1.64. The molecule has 0 aliphatic heterocycles. The molecule has 6 heteroatoms. The summed E-state index contributed by atoms with van der Waals surface area (Å²) in [5.74, 6) is -0.464. The van der Waals surface area contributed by atoms with Gasteiger partial charge in [0.05, 0.1) is 0 Å². The molecule has 0 bridgehead atoms. The predicted molar refractivity (Wildman–Crippen MR) is 111 cm³/mol. The first-order chi connectivity index (χ1) is 14.6. The van der Waals surface area contributed by atoms with Crippen LogP contribution >= 0.6 is 0 Å². The number of aromatic nitrogens is 2. The summed E-state index contributed by atoms with van der Waals surface area (Å²) in [7, 11) is 0. The van der Waals surface area contributed by atoms with Crippen LogP contribution in [-0.4, -0.2) is 21.1 Å². The smallest absolute Gasteiger partial charge is 0.123 e. The summed E-state index contributed by atoms with van der Waals surface area (Å²) in [4.78, 5) is 0. The van der Waals surface area contributed by atoms with Crippen LogP contribution in [-0.2, 0) is 11.8 Å². The number of aromatic amines is 1. The zero-order valence-corrected chi connectivity index (χ0v) is 16.3. The van der Waals surface area contributed by atoms with E-state index in [1.165, 1.54) is 24.3 Å². The van der Waals surface area contributed by atoms with Gasteiger partial charge in [-0.05, 0) is 48.2 Å². The molecule has 0 saturated heterocycles. The van der Waals surface area contributed by atoms with E-state index >= 15 is 0 Å². The normalized spacial score (nSPS) is 18.1. The average Bonchev–Trinajstić information content (AvgIpc) is 3.13. The molecule has 1 aromatic heterocycles. The molecule has 0 radical (unpaired) electrons. The standard InChI is InChI=1S/C24H21F2N3O/c25-18-8-2-6-16(12-18)24(17-7-3-9-19(26)13-17)11-10-20-21(14-24)27-28-23(20)22(29-30)15-4-1-5-15/h2-3,6-13,15,30H,1,4-5,14H2,(H,27,28)/b29-22+. The lowest BCUT2D eigenvalue weighted by Crippen LogP contribution is -2.31. The Morgan fingerprint density at radius 3 is 2.27 bits per heavy atom. The lowest BCUT2D eigenvalue weighted by molar-refractivity contribution is 0.305. The predicted octanol–water partition coefficient (Wildman–Crippen LogP) is 5.22. The summed E-state index contributed by atoms with van der Waals surface area (Å²) in [6.45, 7) is 0. The van der Waals surface area contributed by atoms with Crippen molar-refractivity contribution < 1.29 is 14.0 Å². The van der Waals surface area contributed by atoms with E-state index in [1.807, 2.05) is 24.3 Å². The zero-order chi connectivity index (χ0) is 20.7. The first-order valence-corrected chi connectivity index (χ1v) is 10.1. The van der Waals surface area contributed by atoms with Gasteiger partial charge in [-0.1, -0.05) is 48.0 Å². The van der Waals surface area contributed by atoms with Gasteiger partial charge < -0.3 is 5.21 Å². The first-order valence-electron chi connectivity index (χ1n) is 10.1. The molecule has 0 amide bonds. The third-order valence-electron chi connectivity index (χ3n) is 6.39. The Morgan fingerprint density at radius 2 is 1.73 bits per heavy atom. The highest BCUT2D eigenvalue weighted by Gasteiger charge is 2.38. The van der Waals surface area contributed by atoms with Crippen LogP contribution < -0.4 is 0 Å². The molecular weight excluding hydrogens is 384 g/mol. The SMILES string of the molecule is O/N=C(/c1n[nH]c2c1C=CC(c1cccc(F)c1)(c1cccc(F)c1)C2)C1CCC1. The maximum Gasteiger partial charge on any atom is 0.123 e. The van der Waals surface area contributed by atoms with E-state index in [0.717, 1.165) is 41.6 Å². The van der Waals surface area contributed by atoms with Gasteiger partial charge in [-0.3, -0.25) is 5.10 Å². The van der Waals surface area contributed by atoms with E-state index in [-0.39, 0.29) is 17.6 Å². The lowest BCUT2D eigenvalue weighted by Gasteiger charge is -2.34. The number of hydrogen-bond acceptors (Lipinski definition) is 3. The second kappa shape index (κ2) is 7.20. The van der Waals surface area contributed by atoms with Crippen LogP contribution in [0, 0.1) is 17.6 Å². The molecule has 2 N–H and O–H groups in total. The van der Waals surface area contributed by atoms with Crippen LogP contribution in [0.15, 0.2) is 59.8 Å². The van der Waals surface area contributed by atoms with Crippen LogP contribution in [0.5, 0.6) is 0 Å². The fourth-order valence-electron chi connectivity index (χ4n) is 4.56. The third-order valence-corrected chi connectivity index (χ3v) is 6.39. The van der Waals surface area contributed by atoms with E-state index in [2.05, 4.69) is 15.4 Å². The molecule has 2 aliphatic carbocycles. The van der Waals surface area contributed by atoms with Gasteiger partial charge >= 0.3 is 0 Å². The van der Waals surface area contributed by atoms with Crippen molar-refractivity contribution in [2.24, 2.45) is 11.1 Å². The van der Waals surface area contributed by atoms with Crippen molar-refractivity contribution >= 4 is 11.8 Å². The van der Waals surface area contributed by atoms with E-state index in [0.29, 0.717) is 17.8 Å². The summed E-state index contributed by atoms with van der Waals surface area (Å²) >= 11 is 0. The fraction of sp³-hybridized carbons (Fsp3) is 0.250. The van der Waals surface area contributed by atoms with Gasteiger partial charge in [0.15, 0.2) is 0 Å². The summed E-state index contributed by atoms with van der Waals surface area (Å²) in [6.07, 6.45) is 7.46. The Labute approximate surface area is 173 Å². The molecule has 5 rings (SSSR count). The number of rotatable bonds is 4. The van der Waals surface area contributed by atoms with Crippen molar-refractivity contribution in [2.45, 2.75) is 31.1 Å². The highest BCUT2D eigenvalue weighted by atomic mass is 19.1. The van der Waals surface area contributed by atoms with Gasteiger partial charge in [-0.2, -0.15) is 5.10 Å². The molecule has 3 aromatic rings. The van der Waals surface area contributed by atoms with Crippen molar-refractivity contribution in [2.75, 3.05) is 0 Å². The highest BCUT2D eigenvalue weighted by molar-refractivity contribution is 6.04. The quantitative estimate of drug-likeness (QED) is 0.355. The van der Waals surface area contributed by atoms with Crippen molar-refractivity contribution in [3.8, 4) is 0 Å². The van der Waals surface area contributed by atoms with Crippen molar-refractivity contribution in [3.05, 3.63) is 94.3 Å². The van der Waals surface area contributed by atoms with E-state index in [4.69, 9.17) is 0 Å². The number of oxime groups is 1. The van der Waals surface area contributed by atoms with E-state index in [9.17, 15) is 14.0 Å². The topological polar surface area (TPSA) is 61.3 Å². The maximum atomic E-state index is 14.1. The number of nitrogens with zero attached hydrogens (tertiary/aromatic N) is 2. The van der Waals surface area contributed by atoms with Crippen LogP contribution in [0.1, 0.15) is 47.3 Å². The molecule has 0 unspecified atom stereocenters. The van der Waals surface area contributed by atoms with Gasteiger partial charge in [0.1, 0.15) is 23.0 Å². The molecule has 152 valence electrons. The molecule has 2 aromatic carbocycles. The van der Waals surface area contributed by atoms with Crippen LogP contribution in [0.4, 0.5) is 8.78 Å². The lowest BCUT2D eigenvalue weighted by atomic mass is 9.68. The summed E-state index contributed by atoms with van der Waals surface area (Å²) in [5, 5.41) is 20.7. The Morgan fingerprint density at radius 1 is 1.07 bits per heavy atom. The maximum absolute atomic E-state index is 14.1. The van der Waals surface area contributed by atoms with Crippen molar-refractivity contribution in [3.63, 3.8) is 0 Å². The largest absolute Gasteiger partial charge is 0.411 e. The summed E-state index contributed by atoms with van der Waals surface area (Å²) in [5.41, 5.74) is 3.71. The van der Waals surface area contributed by atoms with Crippen molar-refractivity contribution in [1.29, 1.82) is 0 Å². The van der Waals surface area contributed by atoms with Crippen LogP contribution in [0.3, 0.4) is 0 Å². The summed E-state index contributed by atoms with van der Waals surface area (Å²) in [6, 6.07) is 12.8. The Bertz CT molecular complexity index is 1120.